The Hall–Kier alpha value is -2.95. The number of amides is 2. The number of aryl methyl sites for hydroxylation is 1. The average Bonchev–Trinajstić information content (AvgIpc) is 3.42. The molecule has 1 atom stereocenters. The number of nitrogens with zero attached hydrogens (tertiary/aromatic N) is 4. The predicted molar refractivity (Wildman–Crippen MR) is 133 cm³/mol. The summed E-state index contributed by atoms with van der Waals surface area (Å²) >= 11 is 15.9. The molecule has 0 saturated heterocycles. The molecule has 176 valence electrons. The molecular weight excluding hydrogens is 547 g/mol. The lowest BCUT2D eigenvalue weighted by Gasteiger charge is -2.15. The average molecular weight is 566 g/mol. The molecule has 1 unspecified atom stereocenters. The number of carbonyl (C=O) groups excluding carboxylic acids is 2. The fourth-order valence-electron chi connectivity index (χ4n) is 3.42. The summed E-state index contributed by atoms with van der Waals surface area (Å²) in [7, 11) is 0. The van der Waals surface area contributed by atoms with Crippen LogP contribution in [-0.4, -0.2) is 38.5 Å². The van der Waals surface area contributed by atoms with Crippen LogP contribution in [0.1, 0.15) is 41.4 Å². The molecule has 2 aromatic heterocycles. The van der Waals surface area contributed by atoms with Crippen molar-refractivity contribution in [3.8, 4) is 5.82 Å². The Kier molecular flexibility index (Phi) is 7.20. The molecule has 4 rings (SSSR count). The Morgan fingerprint density at radius 1 is 1.29 bits per heavy atom. The van der Waals surface area contributed by atoms with Crippen LogP contribution in [0.4, 0.5) is 5.69 Å². The molecule has 3 aromatic rings. The number of aromatic nitrogens is 3. The van der Waals surface area contributed by atoms with Gasteiger partial charge in [0, 0.05) is 29.3 Å². The maximum atomic E-state index is 13.4. The Balaban J connectivity index is 1.66. The molecule has 3 heterocycles. The van der Waals surface area contributed by atoms with Crippen LogP contribution in [-0.2, 0) is 9.63 Å². The van der Waals surface area contributed by atoms with Crippen molar-refractivity contribution in [2.24, 2.45) is 5.16 Å². The largest absolute Gasteiger partial charge is 0.370 e. The fourth-order valence-corrected chi connectivity index (χ4v) is 4.27. The summed E-state index contributed by atoms with van der Waals surface area (Å²) < 4.78 is 1.80. The summed E-state index contributed by atoms with van der Waals surface area (Å²) in [5.74, 6) is -0.276. The van der Waals surface area contributed by atoms with E-state index in [1.807, 2.05) is 6.92 Å². The van der Waals surface area contributed by atoms with Crippen LogP contribution >= 0.6 is 39.1 Å². The summed E-state index contributed by atoms with van der Waals surface area (Å²) in [6, 6.07) is 8.34. The summed E-state index contributed by atoms with van der Waals surface area (Å²) in [5, 5.41) is 14.9. The van der Waals surface area contributed by atoms with E-state index in [-0.39, 0.29) is 11.6 Å². The fraction of sp³-hybridized carbons (Fsp3) is 0.227. The van der Waals surface area contributed by atoms with E-state index in [0.29, 0.717) is 50.3 Å². The lowest BCUT2D eigenvalue weighted by molar-refractivity contribution is -0.124. The highest BCUT2D eigenvalue weighted by atomic mass is 79.9. The van der Waals surface area contributed by atoms with E-state index in [2.05, 4.69) is 41.8 Å². The smallest absolute Gasteiger partial charge is 0.274 e. The van der Waals surface area contributed by atoms with Gasteiger partial charge in [-0.3, -0.25) is 9.59 Å². The first-order chi connectivity index (χ1) is 16.3. The van der Waals surface area contributed by atoms with E-state index in [0.717, 1.165) is 5.56 Å². The Labute approximate surface area is 213 Å². The number of hydrogen-bond acceptors (Lipinski definition) is 6. The zero-order valence-corrected chi connectivity index (χ0v) is 21.2. The van der Waals surface area contributed by atoms with Gasteiger partial charge in [0.15, 0.2) is 5.82 Å². The lowest BCUT2D eigenvalue weighted by atomic mass is 10.0. The van der Waals surface area contributed by atoms with E-state index in [1.165, 1.54) is 4.68 Å². The SMILES string of the molecule is CCC(=O)NC1CC(c2cc(Cl)cc(C)c2NC(=O)c2cc(Br)nn2-c2ncccc2Cl)=NO1. The molecule has 1 aliphatic heterocycles. The molecule has 1 aliphatic rings. The number of benzene rings is 1. The van der Waals surface area contributed by atoms with Gasteiger partial charge in [-0.05, 0) is 52.7 Å². The van der Waals surface area contributed by atoms with Crippen LogP contribution in [0, 0.1) is 6.92 Å². The highest BCUT2D eigenvalue weighted by Crippen LogP contribution is 2.30. The van der Waals surface area contributed by atoms with Crippen molar-refractivity contribution in [3.05, 3.63) is 68.0 Å². The zero-order valence-electron chi connectivity index (χ0n) is 18.1. The Morgan fingerprint density at radius 3 is 2.82 bits per heavy atom. The van der Waals surface area contributed by atoms with Crippen LogP contribution in [0.3, 0.4) is 0 Å². The third-order valence-electron chi connectivity index (χ3n) is 5.01. The summed E-state index contributed by atoms with van der Waals surface area (Å²) in [6.07, 6.45) is 1.62. The van der Waals surface area contributed by atoms with Gasteiger partial charge in [-0.1, -0.05) is 35.3 Å². The number of oxime groups is 1. The van der Waals surface area contributed by atoms with Gasteiger partial charge in [0.05, 0.1) is 22.8 Å². The van der Waals surface area contributed by atoms with Gasteiger partial charge in [0.1, 0.15) is 10.3 Å². The second kappa shape index (κ2) is 10.1. The molecule has 12 heteroatoms. The maximum absolute atomic E-state index is 13.4. The van der Waals surface area contributed by atoms with Gasteiger partial charge in [0.25, 0.3) is 5.91 Å². The van der Waals surface area contributed by atoms with Crippen LogP contribution < -0.4 is 10.6 Å². The van der Waals surface area contributed by atoms with Crippen molar-refractivity contribution in [2.45, 2.75) is 32.9 Å². The summed E-state index contributed by atoms with van der Waals surface area (Å²) in [4.78, 5) is 34.7. The van der Waals surface area contributed by atoms with Crippen molar-refractivity contribution in [1.82, 2.24) is 20.1 Å². The predicted octanol–water partition coefficient (Wildman–Crippen LogP) is 4.87. The number of rotatable bonds is 6. The molecule has 34 heavy (non-hydrogen) atoms. The quantitative estimate of drug-likeness (QED) is 0.443. The first kappa shape index (κ1) is 24.2. The van der Waals surface area contributed by atoms with Crippen molar-refractivity contribution in [1.29, 1.82) is 0 Å². The maximum Gasteiger partial charge on any atom is 0.274 e. The van der Waals surface area contributed by atoms with Gasteiger partial charge >= 0.3 is 0 Å². The first-order valence-corrected chi connectivity index (χ1v) is 11.8. The van der Waals surface area contributed by atoms with Gasteiger partial charge in [-0.25, -0.2) is 9.67 Å². The van der Waals surface area contributed by atoms with Crippen LogP contribution in [0.25, 0.3) is 5.82 Å². The number of hydrogen-bond donors (Lipinski definition) is 2. The van der Waals surface area contributed by atoms with Crippen LogP contribution in [0.15, 0.2) is 46.3 Å². The van der Waals surface area contributed by atoms with Gasteiger partial charge < -0.3 is 15.5 Å². The topological polar surface area (TPSA) is 111 Å². The van der Waals surface area contributed by atoms with E-state index < -0.39 is 12.1 Å². The second-order valence-corrected chi connectivity index (χ2v) is 9.09. The normalized spacial score (nSPS) is 15.0. The minimum absolute atomic E-state index is 0.149. The van der Waals surface area contributed by atoms with E-state index in [4.69, 9.17) is 28.0 Å². The highest BCUT2D eigenvalue weighted by molar-refractivity contribution is 9.10. The minimum atomic E-state index is -0.589. The lowest BCUT2D eigenvalue weighted by Crippen LogP contribution is -2.34. The highest BCUT2D eigenvalue weighted by Gasteiger charge is 2.27. The van der Waals surface area contributed by atoms with Crippen molar-refractivity contribution in [3.63, 3.8) is 0 Å². The van der Waals surface area contributed by atoms with E-state index in [9.17, 15) is 9.59 Å². The zero-order chi connectivity index (χ0) is 24.4. The Bertz CT molecular complexity index is 1310. The molecule has 0 fully saturated rings. The third-order valence-corrected chi connectivity index (χ3v) is 5.91. The molecule has 0 saturated carbocycles. The molecule has 9 nitrogen and oxygen atoms in total. The molecule has 0 spiro atoms. The minimum Gasteiger partial charge on any atom is -0.370 e. The van der Waals surface area contributed by atoms with Gasteiger partial charge in [0.2, 0.25) is 12.1 Å². The number of carbonyl (C=O) groups is 2. The second-order valence-electron chi connectivity index (χ2n) is 7.43. The van der Waals surface area contributed by atoms with Crippen molar-refractivity contribution < 1.29 is 14.4 Å². The van der Waals surface area contributed by atoms with Crippen molar-refractivity contribution in [2.75, 3.05) is 5.32 Å². The third kappa shape index (κ3) is 5.08. The summed E-state index contributed by atoms with van der Waals surface area (Å²) in [6.45, 7) is 3.57. The monoisotopic (exact) mass is 564 g/mol. The first-order valence-electron chi connectivity index (χ1n) is 10.3. The molecule has 0 bridgehead atoms. The molecule has 2 amide bonds. The van der Waals surface area contributed by atoms with E-state index >= 15 is 0 Å². The molecule has 0 radical (unpaired) electrons. The molecule has 2 N–H and O–H groups in total. The van der Waals surface area contributed by atoms with Crippen LogP contribution in [0.5, 0.6) is 0 Å². The number of halogens is 3. The Morgan fingerprint density at radius 2 is 2.09 bits per heavy atom. The van der Waals surface area contributed by atoms with Gasteiger partial charge in [-0.15, -0.1) is 0 Å². The number of pyridine rings is 1. The van der Waals surface area contributed by atoms with Crippen molar-refractivity contribution >= 4 is 62.3 Å². The number of anilines is 1. The standard InChI is InChI=1S/C22H19BrCl2N6O3/c1-3-18(32)27-19-9-15(30-34-19)13-8-12(24)7-11(2)20(13)28-22(33)16-10-17(23)29-31(16)21-14(25)5-4-6-26-21/h4-8,10,19H,3,9H2,1-2H3,(H,27,32)(H,28,33). The summed E-state index contributed by atoms with van der Waals surface area (Å²) in [5.41, 5.74) is 2.58. The molecule has 0 aliphatic carbocycles. The molecular formula is C22H19BrCl2N6O3. The van der Waals surface area contributed by atoms with Crippen LogP contribution in [0.2, 0.25) is 10.0 Å². The van der Waals surface area contributed by atoms with E-state index in [1.54, 1.807) is 43.5 Å². The molecule has 1 aromatic carbocycles. The van der Waals surface area contributed by atoms with Gasteiger partial charge in [-0.2, -0.15) is 5.10 Å². The number of nitrogens with one attached hydrogen (secondary N) is 2.